The van der Waals surface area contributed by atoms with Gasteiger partial charge >= 0.3 is 0 Å². The van der Waals surface area contributed by atoms with Crippen molar-refractivity contribution >= 4 is 11.6 Å². The number of rotatable bonds is 3. The number of pyridine rings is 1. The minimum absolute atomic E-state index is 0.0809. The summed E-state index contributed by atoms with van der Waals surface area (Å²) >= 11 is 0. The summed E-state index contributed by atoms with van der Waals surface area (Å²) in [6.45, 7) is 2.08. The molecule has 4 N–H and O–H groups in total. The Bertz CT molecular complexity index is 662. The van der Waals surface area contributed by atoms with Crippen LogP contribution >= 0.6 is 0 Å². The molecule has 5 heteroatoms. The summed E-state index contributed by atoms with van der Waals surface area (Å²) in [7, 11) is 0. The fourth-order valence-corrected chi connectivity index (χ4v) is 1.76. The smallest absolute Gasteiger partial charge is 0.261 e. The third-order valence-electron chi connectivity index (χ3n) is 2.79. The second kappa shape index (κ2) is 5.49. The van der Waals surface area contributed by atoms with Crippen molar-refractivity contribution in [2.45, 2.75) is 13.5 Å². The van der Waals surface area contributed by atoms with Crippen molar-refractivity contribution in [2.75, 3.05) is 5.32 Å². The topological polar surface area (TPSA) is 88.0 Å². The Morgan fingerprint density at radius 1 is 1.37 bits per heavy atom. The van der Waals surface area contributed by atoms with Gasteiger partial charge in [-0.1, -0.05) is 18.2 Å². The van der Waals surface area contributed by atoms with Gasteiger partial charge in [-0.2, -0.15) is 0 Å². The molecule has 0 spiro atoms. The van der Waals surface area contributed by atoms with Crippen LogP contribution in [0, 0.1) is 6.92 Å². The number of aromatic amines is 1. The van der Waals surface area contributed by atoms with E-state index < -0.39 is 5.91 Å². The predicted molar refractivity (Wildman–Crippen MR) is 74.1 cm³/mol. The van der Waals surface area contributed by atoms with Crippen molar-refractivity contribution in [1.29, 1.82) is 0 Å². The van der Waals surface area contributed by atoms with Gasteiger partial charge in [-0.3, -0.25) is 9.59 Å². The Morgan fingerprint density at radius 2 is 2.11 bits per heavy atom. The van der Waals surface area contributed by atoms with Gasteiger partial charge in [-0.05, 0) is 18.6 Å². The molecule has 1 aromatic carbocycles. The van der Waals surface area contributed by atoms with E-state index in [4.69, 9.17) is 5.73 Å². The number of amides is 1. The zero-order valence-corrected chi connectivity index (χ0v) is 10.6. The highest BCUT2D eigenvalue weighted by molar-refractivity contribution is 6.04. The van der Waals surface area contributed by atoms with Gasteiger partial charge in [0.05, 0.1) is 0 Å². The molecule has 0 saturated heterocycles. The predicted octanol–water partition coefficient (Wildman–Crippen LogP) is 1.39. The van der Waals surface area contributed by atoms with Crippen molar-refractivity contribution in [3.63, 3.8) is 0 Å². The minimum Gasteiger partial charge on any atom is -0.364 e. The minimum atomic E-state index is -0.442. The molecule has 2 aromatic rings. The Balaban J connectivity index is 2.28. The fraction of sp³-hybridized carbons (Fsp3) is 0.143. The summed E-state index contributed by atoms with van der Waals surface area (Å²) in [6.07, 6.45) is 1.41. The maximum absolute atomic E-state index is 12.0. The molecule has 0 aliphatic rings. The molecule has 1 aromatic heterocycles. The number of hydrogen-bond donors (Lipinski definition) is 3. The zero-order valence-electron chi connectivity index (χ0n) is 10.6. The van der Waals surface area contributed by atoms with E-state index in [1.807, 2.05) is 12.1 Å². The summed E-state index contributed by atoms with van der Waals surface area (Å²) in [4.78, 5) is 26.6. The normalized spacial score (nSPS) is 10.2. The maximum Gasteiger partial charge on any atom is 0.261 e. The molecule has 19 heavy (non-hydrogen) atoms. The lowest BCUT2D eigenvalue weighted by Crippen LogP contribution is -2.22. The number of aryl methyl sites for hydroxylation is 1. The van der Waals surface area contributed by atoms with Gasteiger partial charge in [0.2, 0.25) is 0 Å². The van der Waals surface area contributed by atoms with Gasteiger partial charge in [0.15, 0.2) is 5.43 Å². The fourth-order valence-electron chi connectivity index (χ4n) is 1.76. The van der Waals surface area contributed by atoms with Crippen LogP contribution in [0.25, 0.3) is 0 Å². The number of nitrogens with one attached hydrogen (secondary N) is 2. The van der Waals surface area contributed by atoms with E-state index in [1.54, 1.807) is 19.1 Å². The van der Waals surface area contributed by atoms with Gasteiger partial charge in [-0.15, -0.1) is 0 Å². The number of aromatic nitrogens is 1. The second-order valence-electron chi connectivity index (χ2n) is 4.21. The monoisotopic (exact) mass is 257 g/mol. The van der Waals surface area contributed by atoms with Crippen molar-refractivity contribution in [2.24, 2.45) is 5.73 Å². The number of benzene rings is 1. The lowest BCUT2D eigenvalue weighted by molar-refractivity contribution is 0.102. The van der Waals surface area contributed by atoms with Gasteiger partial charge in [0, 0.05) is 30.2 Å². The number of anilines is 1. The Hall–Kier alpha value is -2.40. The summed E-state index contributed by atoms with van der Waals surface area (Å²) < 4.78 is 0. The standard InChI is InChI=1S/C14H15N3O2/c1-9-6-13(18)11(8-16-9)14(19)17-12-5-3-2-4-10(12)7-15/h2-6,8H,7,15H2,1H3,(H,16,18)(H,17,19). The van der Waals surface area contributed by atoms with Crippen LogP contribution in [0.2, 0.25) is 0 Å². The molecule has 0 aliphatic carbocycles. The van der Waals surface area contributed by atoms with E-state index in [0.29, 0.717) is 17.9 Å². The molecular formula is C14H15N3O2. The van der Waals surface area contributed by atoms with Crippen LogP contribution in [-0.4, -0.2) is 10.9 Å². The lowest BCUT2D eigenvalue weighted by Gasteiger charge is -2.09. The zero-order chi connectivity index (χ0) is 13.8. The molecule has 0 bridgehead atoms. The highest BCUT2D eigenvalue weighted by Gasteiger charge is 2.11. The number of hydrogen-bond acceptors (Lipinski definition) is 3. The van der Waals surface area contributed by atoms with Gasteiger partial charge in [0.25, 0.3) is 5.91 Å². The summed E-state index contributed by atoms with van der Waals surface area (Å²) in [5, 5.41) is 2.70. The van der Waals surface area contributed by atoms with Crippen LogP contribution < -0.4 is 16.5 Å². The van der Waals surface area contributed by atoms with Crippen molar-refractivity contribution in [1.82, 2.24) is 4.98 Å². The molecule has 0 aliphatic heterocycles. The number of nitrogens with two attached hydrogens (primary N) is 1. The second-order valence-corrected chi connectivity index (χ2v) is 4.21. The molecule has 0 saturated carbocycles. The maximum atomic E-state index is 12.0. The van der Waals surface area contributed by atoms with Crippen LogP contribution in [0.3, 0.4) is 0 Å². The largest absolute Gasteiger partial charge is 0.364 e. The first kappa shape index (κ1) is 13.0. The number of carbonyl (C=O) groups is 1. The van der Waals surface area contributed by atoms with Crippen molar-refractivity contribution in [3.8, 4) is 0 Å². The van der Waals surface area contributed by atoms with E-state index >= 15 is 0 Å². The number of H-pyrrole nitrogens is 1. The first-order chi connectivity index (χ1) is 9.11. The third kappa shape index (κ3) is 2.89. The molecule has 0 fully saturated rings. The Kier molecular flexibility index (Phi) is 3.77. The molecular weight excluding hydrogens is 242 g/mol. The van der Waals surface area contributed by atoms with Gasteiger partial charge in [-0.25, -0.2) is 0 Å². The molecule has 0 radical (unpaired) electrons. The van der Waals surface area contributed by atoms with Crippen molar-refractivity contribution < 1.29 is 4.79 Å². The van der Waals surface area contributed by atoms with Crippen LogP contribution in [0.1, 0.15) is 21.6 Å². The molecule has 1 heterocycles. The highest BCUT2D eigenvalue weighted by atomic mass is 16.2. The van der Waals surface area contributed by atoms with Gasteiger partial charge < -0.3 is 16.0 Å². The van der Waals surface area contributed by atoms with Crippen LogP contribution in [0.4, 0.5) is 5.69 Å². The van der Waals surface area contributed by atoms with E-state index in [0.717, 1.165) is 5.56 Å². The first-order valence-electron chi connectivity index (χ1n) is 5.90. The Morgan fingerprint density at radius 3 is 2.79 bits per heavy atom. The van der Waals surface area contributed by atoms with Crippen LogP contribution in [0.15, 0.2) is 41.3 Å². The lowest BCUT2D eigenvalue weighted by atomic mass is 10.1. The van der Waals surface area contributed by atoms with E-state index in [1.165, 1.54) is 12.3 Å². The first-order valence-corrected chi connectivity index (χ1v) is 5.90. The van der Waals surface area contributed by atoms with Crippen LogP contribution in [0.5, 0.6) is 0 Å². The SMILES string of the molecule is Cc1cc(=O)c(C(=O)Nc2ccccc2CN)c[nH]1. The molecule has 0 unspecified atom stereocenters. The summed E-state index contributed by atoms with van der Waals surface area (Å²) in [6, 6.07) is 8.62. The Labute approximate surface area is 110 Å². The average Bonchev–Trinajstić information content (AvgIpc) is 2.39. The summed E-state index contributed by atoms with van der Waals surface area (Å²) in [5.41, 5.74) is 7.52. The molecule has 98 valence electrons. The van der Waals surface area contributed by atoms with Crippen LogP contribution in [-0.2, 0) is 6.54 Å². The number of para-hydroxylation sites is 1. The average molecular weight is 257 g/mol. The van der Waals surface area contributed by atoms with E-state index in [9.17, 15) is 9.59 Å². The number of carbonyl (C=O) groups excluding carboxylic acids is 1. The van der Waals surface area contributed by atoms with E-state index in [-0.39, 0.29) is 11.0 Å². The highest BCUT2D eigenvalue weighted by Crippen LogP contribution is 2.14. The molecule has 0 atom stereocenters. The third-order valence-corrected chi connectivity index (χ3v) is 2.79. The summed E-state index contributed by atoms with van der Waals surface area (Å²) in [5.74, 6) is -0.442. The quantitative estimate of drug-likeness (QED) is 0.776. The molecule has 1 amide bonds. The van der Waals surface area contributed by atoms with E-state index in [2.05, 4.69) is 10.3 Å². The molecule has 2 rings (SSSR count). The molecule has 5 nitrogen and oxygen atoms in total. The van der Waals surface area contributed by atoms with Gasteiger partial charge in [0.1, 0.15) is 5.56 Å². The van der Waals surface area contributed by atoms with Crippen molar-refractivity contribution in [3.05, 3.63) is 63.6 Å².